The first-order valence-electron chi connectivity index (χ1n) is 6.70. The molecule has 0 aliphatic carbocycles. The molecular formula is C16H15BrClNO2. The van der Waals surface area contributed by atoms with Crippen molar-refractivity contribution in [2.45, 2.75) is 18.6 Å². The molecule has 0 amide bonds. The van der Waals surface area contributed by atoms with E-state index < -0.39 is 0 Å². The third-order valence-corrected chi connectivity index (χ3v) is 4.55. The second-order valence-corrected chi connectivity index (χ2v) is 6.40. The van der Waals surface area contributed by atoms with Gasteiger partial charge in [0.05, 0.1) is 5.02 Å². The fraction of sp³-hybridized carbons (Fsp3) is 0.250. The highest BCUT2D eigenvalue weighted by molar-refractivity contribution is 9.10. The molecule has 3 rings (SSSR count). The Bertz CT molecular complexity index is 677. The van der Waals surface area contributed by atoms with Crippen LogP contribution in [0.4, 0.5) is 0 Å². The Kier molecular flexibility index (Phi) is 4.11. The molecule has 110 valence electrons. The van der Waals surface area contributed by atoms with E-state index in [1.807, 2.05) is 25.2 Å². The number of hydrogen-bond donors (Lipinski definition) is 2. The summed E-state index contributed by atoms with van der Waals surface area (Å²) in [6.45, 7) is 0. The maximum atomic E-state index is 9.54. The van der Waals surface area contributed by atoms with Gasteiger partial charge in [0.2, 0.25) is 0 Å². The van der Waals surface area contributed by atoms with E-state index in [1.165, 1.54) is 0 Å². The number of benzene rings is 2. The van der Waals surface area contributed by atoms with Crippen molar-refractivity contribution in [2.24, 2.45) is 0 Å². The minimum absolute atomic E-state index is 0.0886. The van der Waals surface area contributed by atoms with Crippen LogP contribution in [0.25, 0.3) is 0 Å². The van der Waals surface area contributed by atoms with Crippen molar-refractivity contribution in [2.75, 3.05) is 7.05 Å². The monoisotopic (exact) mass is 367 g/mol. The van der Waals surface area contributed by atoms with Gasteiger partial charge in [-0.2, -0.15) is 0 Å². The Labute approximate surface area is 137 Å². The largest absolute Gasteiger partial charge is 0.506 e. The number of rotatable bonds is 2. The SMILES string of the molecule is CNC1CC(c2ccc(O)c(Cl)c2)Oc2ccc(Br)cc21. The zero-order chi connectivity index (χ0) is 15.0. The van der Waals surface area contributed by atoms with Crippen LogP contribution >= 0.6 is 27.5 Å². The van der Waals surface area contributed by atoms with Crippen molar-refractivity contribution in [3.63, 3.8) is 0 Å². The second-order valence-electron chi connectivity index (χ2n) is 5.08. The van der Waals surface area contributed by atoms with E-state index in [9.17, 15) is 5.11 Å². The number of halogens is 2. The number of aromatic hydroxyl groups is 1. The van der Waals surface area contributed by atoms with Gasteiger partial charge in [0, 0.05) is 22.5 Å². The van der Waals surface area contributed by atoms with Crippen LogP contribution in [0.5, 0.6) is 11.5 Å². The van der Waals surface area contributed by atoms with Gasteiger partial charge in [-0.3, -0.25) is 0 Å². The normalized spacial score (nSPS) is 20.7. The Morgan fingerprint density at radius 2 is 2.10 bits per heavy atom. The molecule has 2 aromatic rings. The van der Waals surface area contributed by atoms with Crippen LogP contribution in [-0.4, -0.2) is 12.2 Å². The quantitative estimate of drug-likeness (QED) is 0.814. The lowest BCUT2D eigenvalue weighted by atomic mass is 9.93. The van der Waals surface area contributed by atoms with E-state index in [1.54, 1.807) is 12.1 Å². The van der Waals surface area contributed by atoms with Gasteiger partial charge in [-0.25, -0.2) is 0 Å². The summed E-state index contributed by atoms with van der Waals surface area (Å²) in [5, 5.41) is 13.2. The molecule has 0 fully saturated rings. The van der Waals surface area contributed by atoms with Gasteiger partial charge in [0.25, 0.3) is 0 Å². The summed E-state index contributed by atoms with van der Waals surface area (Å²) in [6, 6.07) is 11.4. The third-order valence-electron chi connectivity index (χ3n) is 3.76. The lowest BCUT2D eigenvalue weighted by Crippen LogP contribution is -2.26. The van der Waals surface area contributed by atoms with Crippen molar-refractivity contribution in [3.05, 3.63) is 57.0 Å². The molecule has 0 bridgehead atoms. The zero-order valence-corrected chi connectivity index (χ0v) is 13.8. The number of phenolic OH excluding ortho intramolecular Hbond substituents is 1. The maximum Gasteiger partial charge on any atom is 0.134 e. The van der Waals surface area contributed by atoms with Crippen LogP contribution in [0, 0.1) is 0 Å². The molecule has 0 aromatic heterocycles. The lowest BCUT2D eigenvalue weighted by Gasteiger charge is -2.32. The van der Waals surface area contributed by atoms with Crippen molar-refractivity contribution >= 4 is 27.5 Å². The van der Waals surface area contributed by atoms with Crippen molar-refractivity contribution in [3.8, 4) is 11.5 Å². The number of phenols is 1. The van der Waals surface area contributed by atoms with Crippen LogP contribution in [0.3, 0.4) is 0 Å². The maximum absolute atomic E-state index is 9.54. The summed E-state index contributed by atoms with van der Waals surface area (Å²) in [6.07, 6.45) is 0.718. The molecule has 2 aromatic carbocycles. The summed E-state index contributed by atoms with van der Waals surface area (Å²) < 4.78 is 7.14. The topological polar surface area (TPSA) is 41.5 Å². The standard InChI is InChI=1S/C16H15BrClNO2/c1-19-13-8-16(9-2-4-14(20)12(18)6-9)21-15-5-3-10(17)7-11(13)15/h2-7,13,16,19-20H,8H2,1H3. The Morgan fingerprint density at radius 1 is 1.29 bits per heavy atom. The fourth-order valence-corrected chi connectivity index (χ4v) is 3.21. The van der Waals surface area contributed by atoms with Crippen LogP contribution in [0.15, 0.2) is 40.9 Å². The molecule has 5 heteroatoms. The van der Waals surface area contributed by atoms with E-state index in [2.05, 4.69) is 27.3 Å². The summed E-state index contributed by atoms with van der Waals surface area (Å²) in [5.74, 6) is 0.962. The number of ether oxygens (including phenoxy) is 1. The van der Waals surface area contributed by atoms with E-state index >= 15 is 0 Å². The minimum Gasteiger partial charge on any atom is -0.506 e. The molecule has 21 heavy (non-hydrogen) atoms. The van der Waals surface area contributed by atoms with Gasteiger partial charge in [-0.1, -0.05) is 33.6 Å². The molecular weight excluding hydrogens is 354 g/mol. The van der Waals surface area contributed by atoms with Gasteiger partial charge in [0.15, 0.2) is 0 Å². The highest BCUT2D eigenvalue weighted by Gasteiger charge is 2.28. The number of hydrogen-bond acceptors (Lipinski definition) is 3. The molecule has 0 saturated carbocycles. The van der Waals surface area contributed by atoms with Crippen LogP contribution in [0.1, 0.15) is 29.7 Å². The van der Waals surface area contributed by atoms with Gasteiger partial charge in [-0.15, -0.1) is 0 Å². The molecule has 1 heterocycles. The van der Waals surface area contributed by atoms with Gasteiger partial charge >= 0.3 is 0 Å². The summed E-state index contributed by atoms with van der Waals surface area (Å²) in [4.78, 5) is 0. The summed E-state index contributed by atoms with van der Waals surface area (Å²) in [7, 11) is 1.95. The van der Waals surface area contributed by atoms with Crippen LogP contribution in [-0.2, 0) is 0 Å². The molecule has 0 saturated heterocycles. The van der Waals surface area contributed by atoms with E-state index in [4.69, 9.17) is 16.3 Å². The lowest BCUT2D eigenvalue weighted by molar-refractivity contribution is 0.154. The predicted molar refractivity (Wildman–Crippen MR) is 87.0 cm³/mol. The molecule has 3 nitrogen and oxygen atoms in total. The molecule has 1 aliphatic heterocycles. The van der Waals surface area contributed by atoms with E-state index in [0.29, 0.717) is 5.02 Å². The summed E-state index contributed by atoms with van der Waals surface area (Å²) >= 11 is 9.49. The Hall–Kier alpha value is -1.23. The van der Waals surface area contributed by atoms with Crippen molar-refractivity contribution in [1.82, 2.24) is 5.32 Å². The first-order valence-corrected chi connectivity index (χ1v) is 7.87. The minimum atomic E-state index is -0.0887. The highest BCUT2D eigenvalue weighted by atomic mass is 79.9. The molecule has 0 radical (unpaired) electrons. The molecule has 1 aliphatic rings. The third kappa shape index (κ3) is 2.89. The average Bonchev–Trinajstić information content (AvgIpc) is 2.49. The van der Waals surface area contributed by atoms with Crippen LogP contribution in [0.2, 0.25) is 5.02 Å². The van der Waals surface area contributed by atoms with E-state index in [-0.39, 0.29) is 17.9 Å². The van der Waals surface area contributed by atoms with Gasteiger partial charge < -0.3 is 15.2 Å². The molecule has 2 N–H and O–H groups in total. The van der Waals surface area contributed by atoms with Crippen molar-refractivity contribution < 1.29 is 9.84 Å². The Morgan fingerprint density at radius 3 is 2.81 bits per heavy atom. The smallest absolute Gasteiger partial charge is 0.134 e. The zero-order valence-electron chi connectivity index (χ0n) is 11.4. The molecule has 2 atom stereocenters. The van der Waals surface area contributed by atoms with Gasteiger partial charge in [-0.05, 0) is 42.9 Å². The fourth-order valence-electron chi connectivity index (χ4n) is 2.64. The first kappa shape index (κ1) is 14.7. The summed E-state index contributed by atoms with van der Waals surface area (Å²) in [5.41, 5.74) is 2.11. The van der Waals surface area contributed by atoms with Gasteiger partial charge in [0.1, 0.15) is 17.6 Å². The average molecular weight is 369 g/mol. The molecule has 0 spiro atoms. The number of fused-ring (bicyclic) bond motifs is 1. The first-order chi connectivity index (χ1) is 10.1. The van der Waals surface area contributed by atoms with Crippen LogP contribution < -0.4 is 10.1 Å². The van der Waals surface area contributed by atoms with E-state index in [0.717, 1.165) is 27.8 Å². The second kappa shape index (κ2) is 5.87. The highest BCUT2D eigenvalue weighted by Crippen LogP contribution is 2.42. The number of nitrogens with one attached hydrogen (secondary N) is 1. The van der Waals surface area contributed by atoms with Crippen molar-refractivity contribution in [1.29, 1.82) is 0 Å². The molecule has 2 unspecified atom stereocenters. The Balaban J connectivity index is 1.96. The predicted octanol–water partition coefficient (Wildman–Crippen LogP) is 4.59.